The zero-order chi connectivity index (χ0) is 35.9. The van der Waals surface area contributed by atoms with Gasteiger partial charge in [0, 0.05) is 49.4 Å². The zero-order valence-corrected chi connectivity index (χ0v) is 32.5. The third-order valence-electron chi connectivity index (χ3n) is 10.8. The van der Waals surface area contributed by atoms with Crippen LogP contribution in [0.5, 0.6) is 17.4 Å². The average Bonchev–Trinajstić information content (AvgIpc) is 3.60. The van der Waals surface area contributed by atoms with E-state index >= 15 is 0 Å². The van der Waals surface area contributed by atoms with Crippen LogP contribution in [0, 0.1) is 11.5 Å². The minimum atomic E-state index is -0.0146. The largest absolute Gasteiger partial charge is 0.506 e. The van der Waals surface area contributed by atoms with Crippen molar-refractivity contribution in [1.29, 1.82) is 0 Å². The zero-order valence-electron chi connectivity index (χ0n) is 30.2. The van der Waals surface area contributed by atoms with Crippen molar-refractivity contribution in [1.82, 2.24) is 4.98 Å². The molecule has 1 saturated carbocycles. The van der Waals surface area contributed by atoms with Crippen LogP contribution in [-0.4, -0.2) is 28.0 Å². The third-order valence-corrected chi connectivity index (χ3v) is 10.8. The van der Waals surface area contributed by atoms with Crippen LogP contribution < -0.4 is 9.64 Å². The summed E-state index contributed by atoms with van der Waals surface area (Å²) >= 11 is 0. The summed E-state index contributed by atoms with van der Waals surface area (Å²) in [5.74, 6) is 1.94. The molecule has 6 heteroatoms. The molecule has 7 aromatic rings. The van der Waals surface area contributed by atoms with E-state index in [1.54, 1.807) is 6.07 Å². The number of aliphatic imine (C=N–C) groups is 1. The van der Waals surface area contributed by atoms with E-state index in [1.807, 2.05) is 36.4 Å². The Morgan fingerprint density at radius 3 is 2.00 bits per heavy atom. The fourth-order valence-electron chi connectivity index (χ4n) is 8.33. The number of phenols is 1. The number of hydrogen-bond donors (Lipinski definition) is 1. The molecule has 1 aromatic heterocycles. The summed E-state index contributed by atoms with van der Waals surface area (Å²) in [5.41, 5.74) is 9.46. The maximum Gasteiger partial charge on any atom is 0.217 e. The minimum Gasteiger partial charge on any atom is -0.506 e. The summed E-state index contributed by atoms with van der Waals surface area (Å²) in [7, 11) is 0. The van der Waals surface area contributed by atoms with E-state index in [-0.39, 0.29) is 44.3 Å². The number of benzene rings is 6. The molecule has 0 unspecified atom stereocenters. The molecule has 0 spiro atoms. The number of aromatic nitrogens is 1. The predicted molar refractivity (Wildman–Crippen MR) is 216 cm³/mol. The first kappa shape index (κ1) is 35.5. The van der Waals surface area contributed by atoms with E-state index in [0.29, 0.717) is 17.1 Å². The van der Waals surface area contributed by atoms with Gasteiger partial charge in [0.25, 0.3) is 0 Å². The Morgan fingerprint density at radius 2 is 1.33 bits per heavy atom. The van der Waals surface area contributed by atoms with Crippen molar-refractivity contribution in [2.24, 2.45) is 10.4 Å². The van der Waals surface area contributed by atoms with Crippen molar-refractivity contribution >= 4 is 22.4 Å². The summed E-state index contributed by atoms with van der Waals surface area (Å²) in [4.78, 5) is 12.8. The number of hydrogen-bond acceptors (Lipinski definition) is 5. The number of ether oxygens (including phenoxy) is 1. The van der Waals surface area contributed by atoms with Gasteiger partial charge in [-0.15, -0.1) is 23.8 Å². The predicted octanol–water partition coefficient (Wildman–Crippen LogP) is 11.7. The molecule has 2 atom stereocenters. The van der Waals surface area contributed by atoms with Gasteiger partial charge in [0.1, 0.15) is 11.3 Å². The maximum atomic E-state index is 10.5. The molecule has 0 bridgehead atoms. The first-order chi connectivity index (χ1) is 25.9. The van der Waals surface area contributed by atoms with E-state index in [4.69, 9.17) is 9.73 Å². The SMILES string of the molecule is CC1(C)CCC[C@@H]2N=C(c3[c-]c(Oc4ccc5cccc(O)c5n4)ccc3)N(c3c(-c4ccccc4)cc(-c4ccccc4)cc3-c3ccccc3)[C@@H]21.[Pt]. The van der Waals surface area contributed by atoms with Crippen molar-refractivity contribution in [2.75, 3.05) is 4.90 Å². The van der Waals surface area contributed by atoms with Crippen LogP contribution in [0.15, 0.2) is 157 Å². The minimum absolute atomic E-state index is 0. The number of pyridine rings is 1. The van der Waals surface area contributed by atoms with Crippen molar-refractivity contribution < 1.29 is 30.9 Å². The van der Waals surface area contributed by atoms with Gasteiger partial charge in [-0.25, -0.2) is 4.98 Å². The van der Waals surface area contributed by atoms with E-state index in [1.165, 1.54) is 11.1 Å². The van der Waals surface area contributed by atoms with Gasteiger partial charge >= 0.3 is 0 Å². The molecule has 2 aliphatic rings. The molecule has 0 amide bonds. The number of aromatic hydroxyl groups is 1. The molecule has 54 heavy (non-hydrogen) atoms. The number of para-hydroxylation sites is 1. The topological polar surface area (TPSA) is 58.0 Å². The normalized spacial score (nSPS) is 17.4. The molecule has 6 aromatic carbocycles. The molecular formula is C48H40N3O2Pt-. The Labute approximate surface area is 331 Å². The van der Waals surface area contributed by atoms with Crippen LogP contribution in [-0.2, 0) is 21.1 Å². The second-order valence-corrected chi connectivity index (χ2v) is 14.8. The Balaban J connectivity index is 0.00000413. The molecule has 1 fully saturated rings. The van der Waals surface area contributed by atoms with Crippen LogP contribution in [0.3, 0.4) is 0 Å². The molecule has 270 valence electrons. The molecule has 1 aliphatic carbocycles. The summed E-state index contributed by atoms with van der Waals surface area (Å²) in [5, 5.41) is 11.3. The van der Waals surface area contributed by atoms with E-state index in [0.717, 1.165) is 64.0 Å². The van der Waals surface area contributed by atoms with Crippen molar-refractivity contribution in [3.05, 3.63) is 163 Å². The molecule has 0 saturated heterocycles. The molecule has 1 N–H and O–H groups in total. The summed E-state index contributed by atoms with van der Waals surface area (Å²) in [6.45, 7) is 4.81. The van der Waals surface area contributed by atoms with Gasteiger partial charge in [0.15, 0.2) is 0 Å². The van der Waals surface area contributed by atoms with E-state index < -0.39 is 0 Å². The fraction of sp³-hybridized carbons (Fsp3) is 0.167. The Morgan fingerprint density at radius 1 is 0.704 bits per heavy atom. The summed E-state index contributed by atoms with van der Waals surface area (Å²) in [6.07, 6.45) is 3.28. The second-order valence-electron chi connectivity index (χ2n) is 14.8. The van der Waals surface area contributed by atoms with Crippen LogP contribution in [0.2, 0.25) is 0 Å². The van der Waals surface area contributed by atoms with Crippen LogP contribution in [0.1, 0.15) is 38.7 Å². The Hall–Kier alpha value is -5.51. The third kappa shape index (κ3) is 6.63. The number of fused-ring (bicyclic) bond motifs is 2. The average molecular weight is 886 g/mol. The van der Waals surface area contributed by atoms with E-state index in [9.17, 15) is 5.11 Å². The van der Waals surface area contributed by atoms with Gasteiger partial charge in [0.05, 0.1) is 23.6 Å². The monoisotopic (exact) mass is 885 g/mol. The van der Waals surface area contributed by atoms with Gasteiger partial charge in [-0.3, -0.25) is 0 Å². The number of nitrogens with zero attached hydrogens (tertiary/aromatic N) is 3. The number of rotatable bonds is 7. The molecule has 5 nitrogen and oxygen atoms in total. The molecule has 0 radical (unpaired) electrons. The summed E-state index contributed by atoms with van der Waals surface area (Å²) < 4.78 is 6.34. The van der Waals surface area contributed by atoms with Crippen molar-refractivity contribution in [3.63, 3.8) is 0 Å². The maximum absolute atomic E-state index is 10.5. The number of phenolic OH excluding ortho intramolecular Hbond substituents is 1. The molecular weight excluding hydrogens is 846 g/mol. The van der Waals surface area contributed by atoms with Gasteiger partial charge < -0.3 is 19.7 Å². The first-order valence-electron chi connectivity index (χ1n) is 18.4. The van der Waals surface area contributed by atoms with Crippen molar-refractivity contribution in [3.8, 4) is 50.8 Å². The quantitative estimate of drug-likeness (QED) is 0.162. The van der Waals surface area contributed by atoms with Crippen LogP contribution in [0.4, 0.5) is 5.69 Å². The van der Waals surface area contributed by atoms with Crippen LogP contribution in [0.25, 0.3) is 44.3 Å². The smallest absolute Gasteiger partial charge is 0.217 e. The number of anilines is 1. The van der Waals surface area contributed by atoms with Crippen LogP contribution >= 0.6 is 0 Å². The van der Waals surface area contributed by atoms with Gasteiger partial charge in [0.2, 0.25) is 5.88 Å². The van der Waals surface area contributed by atoms with Gasteiger partial charge in [-0.1, -0.05) is 129 Å². The van der Waals surface area contributed by atoms with Crippen molar-refractivity contribution in [2.45, 2.75) is 45.2 Å². The molecule has 1 aliphatic heterocycles. The summed E-state index contributed by atoms with van der Waals surface area (Å²) in [6, 6.07) is 55.8. The standard InChI is InChI=1S/C48H40N3O2.Pt/c1-48(2)28-14-24-41-46(48)51(47(49-41)36-22-12-23-38(29-36)53-43-27-26-35-21-13-25-42(52)44(35)50-43)45-39(33-17-8-4-9-18-33)30-37(32-15-6-3-7-16-32)31-40(45)34-19-10-5-11-20-34;/h3-13,15-23,25-27,30-31,41,46,52H,14,24,28H2,1-2H3;/q-1;/t41-,46-;/m0./s1. The Bertz CT molecular complexity index is 2410. The second kappa shape index (κ2) is 14.7. The molecule has 9 rings (SSSR count). The molecule has 2 heterocycles. The van der Waals surface area contributed by atoms with Gasteiger partial charge in [-0.05, 0) is 64.8 Å². The van der Waals surface area contributed by atoms with Gasteiger partial charge in [-0.2, -0.15) is 0 Å². The Kier molecular flexibility index (Phi) is 9.68. The fourth-order valence-corrected chi connectivity index (χ4v) is 8.33. The van der Waals surface area contributed by atoms with E-state index in [2.05, 4.69) is 139 Å². The number of amidine groups is 1. The first-order valence-corrected chi connectivity index (χ1v) is 18.4.